The number of carbonyl (C=O) groups excluding carboxylic acids is 1. The Hall–Kier alpha value is -1.95. The summed E-state index contributed by atoms with van der Waals surface area (Å²) < 4.78 is 0. The van der Waals surface area contributed by atoms with E-state index >= 15 is 0 Å². The van der Waals surface area contributed by atoms with Crippen LogP contribution in [0.2, 0.25) is 0 Å². The molecule has 2 rings (SSSR count). The van der Waals surface area contributed by atoms with E-state index in [4.69, 9.17) is 0 Å². The van der Waals surface area contributed by atoms with Crippen molar-refractivity contribution in [3.8, 4) is 0 Å². The maximum absolute atomic E-state index is 12.2. The second kappa shape index (κ2) is 7.30. The van der Waals surface area contributed by atoms with Crippen molar-refractivity contribution in [3.63, 3.8) is 0 Å². The summed E-state index contributed by atoms with van der Waals surface area (Å²) in [6.07, 6.45) is 1.66. The smallest absolute Gasteiger partial charge is 0.272 e. The van der Waals surface area contributed by atoms with Gasteiger partial charge < -0.3 is 5.32 Å². The van der Waals surface area contributed by atoms with Crippen LogP contribution in [0.25, 0.3) is 0 Å². The minimum absolute atomic E-state index is 0.0617. The third-order valence-corrected chi connectivity index (χ3v) is 4.46. The van der Waals surface area contributed by atoms with Crippen LogP contribution in [0.1, 0.15) is 44.7 Å². The summed E-state index contributed by atoms with van der Waals surface area (Å²) in [5, 5.41) is 14.1. The summed E-state index contributed by atoms with van der Waals surface area (Å²) in [5.74, 6) is 0.195. The molecule has 0 bridgehead atoms. The molecule has 0 aliphatic carbocycles. The number of nitrogens with one attached hydrogen (secondary N) is 1. The molecule has 0 aromatic heterocycles. The zero-order chi connectivity index (χ0) is 17.9. The molecule has 0 spiro atoms. The van der Waals surface area contributed by atoms with E-state index in [0.29, 0.717) is 6.54 Å². The lowest BCUT2D eigenvalue weighted by molar-refractivity contribution is -0.385. The van der Waals surface area contributed by atoms with Crippen molar-refractivity contribution in [2.24, 2.45) is 5.92 Å². The highest BCUT2D eigenvalue weighted by Crippen LogP contribution is 2.25. The van der Waals surface area contributed by atoms with Gasteiger partial charge in [-0.3, -0.25) is 19.8 Å². The summed E-state index contributed by atoms with van der Waals surface area (Å²) in [5.41, 5.74) is 1.69. The van der Waals surface area contributed by atoms with E-state index in [1.807, 2.05) is 26.8 Å². The zero-order valence-corrected chi connectivity index (χ0v) is 15.0. The summed E-state index contributed by atoms with van der Waals surface area (Å²) in [7, 11) is 0. The van der Waals surface area contributed by atoms with Crippen LogP contribution in [0.4, 0.5) is 5.69 Å². The molecule has 1 heterocycles. The molecule has 1 aromatic rings. The first-order chi connectivity index (χ1) is 11.2. The molecule has 0 atom stereocenters. The fraction of sp³-hybridized carbons (Fsp3) is 0.611. The number of amides is 1. The molecule has 0 radical (unpaired) electrons. The van der Waals surface area contributed by atoms with Gasteiger partial charge in [-0.15, -0.1) is 0 Å². The average Bonchev–Trinajstić information content (AvgIpc) is 2.48. The van der Waals surface area contributed by atoms with E-state index in [9.17, 15) is 14.9 Å². The molecule has 1 saturated heterocycles. The van der Waals surface area contributed by atoms with Gasteiger partial charge in [-0.05, 0) is 59.2 Å². The molecule has 1 aliphatic rings. The van der Waals surface area contributed by atoms with Crippen molar-refractivity contribution in [2.75, 3.05) is 13.1 Å². The third kappa shape index (κ3) is 4.77. The number of hydrogen-bond donors (Lipinski definition) is 1. The number of nitro groups is 1. The quantitative estimate of drug-likeness (QED) is 0.679. The van der Waals surface area contributed by atoms with Gasteiger partial charge in [0.1, 0.15) is 0 Å². The van der Waals surface area contributed by atoms with Crippen LogP contribution in [0.3, 0.4) is 0 Å². The number of rotatable bonds is 4. The van der Waals surface area contributed by atoms with Gasteiger partial charge in [0.2, 0.25) is 5.91 Å². The molecule has 0 saturated carbocycles. The van der Waals surface area contributed by atoms with E-state index in [-0.39, 0.29) is 28.0 Å². The summed E-state index contributed by atoms with van der Waals surface area (Å²) >= 11 is 0. The number of carbonyl (C=O) groups is 1. The molecule has 132 valence electrons. The third-order valence-electron chi connectivity index (χ3n) is 4.46. The van der Waals surface area contributed by atoms with Crippen molar-refractivity contribution in [3.05, 3.63) is 39.4 Å². The van der Waals surface area contributed by atoms with Gasteiger partial charge in [-0.25, -0.2) is 0 Å². The Bertz CT molecular complexity index is 614. The maximum atomic E-state index is 12.2. The Morgan fingerprint density at radius 1 is 1.33 bits per heavy atom. The number of piperidine rings is 1. The normalized spacial score (nSPS) is 16.8. The van der Waals surface area contributed by atoms with Crippen LogP contribution >= 0.6 is 0 Å². The summed E-state index contributed by atoms with van der Waals surface area (Å²) in [6.45, 7) is 10.1. The fourth-order valence-electron chi connectivity index (χ4n) is 3.10. The molecule has 0 unspecified atom stereocenters. The Labute approximate surface area is 143 Å². The van der Waals surface area contributed by atoms with Gasteiger partial charge in [0, 0.05) is 29.6 Å². The van der Waals surface area contributed by atoms with Crippen LogP contribution in [0, 0.1) is 23.0 Å². The Morgan fingerprint density at radius 3 is 2.50 bits per heavy atom. The predicted octanol–water partition coefficient (Wildman–Crippen LogP) is 3.03. The van der Waals surface area contributed by atoms with Crippen LogP contribution in [-0.4, -0.2) is 34.4 Å². The Kier molecular flexibility index (Phi) is 5.59. The molecular weight excluding hydrogens is 306 g/mol. The number of nitro benzene ring substituents is 1. The molecule has 1 N–H and O–H groups in total. The van der Waals surface area contributed by atoms with Crippen molar-refractivity contribution >= 4 is 11.6 Å². The number of nitrogens with zero attached hydrogens (tertiary/aromatic N) is 2. The average molecular weight is 333 g/mol. The van der Waals surface area contributed by atoms with Crippen molar-refractivity contribution in [1.82, 2.24) is 10.2 Å². The van der Waals surface area contributed by atoms with E-state index in [1.165, 1.54) is 0 Å². The van der Waals surface area contributed by atoms with Gasteiger partial charge in [-0.2, -0.15) is 0 Å². The minimum atomic E-state index is -0.331. The summed E-state index contributed by atoms with van der Waals surface area (Å²) in [6, 6.07) is 5.23. The lowest BCUT2D eigenvalue weighted by atomic mass is 9.94. The number of benzene rings is 1. The topological polar surface area (TPSA) is 75.5 Å². The molecule has 6 nitrogen and oxygen atoms in total. The molecule has 1 fully saturated rings. The van der Waals surface area contributed by atoms with Crippen LogP contribution in [0.5, 0.6) is 0 Å². The van der Waals surface area contributed by atoms with Crippen molar-refractivity contribution in [2.45, 2.75) is 52.6 Å². The van der Waals surface area contributed by atoms with E-state index < -0.39 is 0 Å². The highest BCUT2D eigenvalue weighted by atomic mass is 16.6. The molecule has 6 heteroatoms. The second-order valence-electron chi connectivity index (χ2n) is 7.61. The highest BCUT2D eigenvalue weighted by molar-refractivity contribution is 5.79. The second-order valence-corrected chi connectivity index (χ2v) is 7.61. The first kappa shape index (κ1) is 18.4. The van der Waals surface area contributed by atoms with E-state index in [0.717, 1.165) is 37.1 Å². The first-order valence-corrected chi connectivity index (χ1v) is 8.44. The SMILES string of the molecule is Cc1c(CN2CCC(C(=O)NC(C)(C)C)CC2)cccc1[N+](=O)[O-]. The van der Waals surface area contributed by atoms with E-state index in [2.05, 4.69) is 10.2 Å². The molecular formula is C18H27N3O3. The standard InChI is InChI=1S/C18H27N3O3/c1-13-15(6-5-7-16(13)21(23)24)12-20-10-8-14(9-11-20)17(22)19-18(2,3)4/h5-7,14H,8-12H2,1-4H3,(H,19,22). The minimum Gasteiger partial charge on any atom is -0.351 e. The van der Waals surface area contributed by atoms with Crippen LogP contribution < -0.4 is 5.32 Å². The van der Waals surface area contributed by atoms with Gasteiger partial charge in [-0.1, -0.05) is 12.1 Å². The number of hydrogen-bond acceptors (Lipinski definition) is 4. The van der Waals surface area contributed by atoms with Gasteiger partial charge in [0.25, 0.3) is 5.69 Å². The lowest BCUT2D eigenvalue weighted by Crippen LogP contribution is -2.46. The predicted molar refractivity (Wildman–Crippen MR) is 93.7 cm³/mol. The molecule has 24 heavy (non-hydrogen) atoms. The monoisotopic (exact) mass is 333 g/mol. The van der Waals surface area contributed by atoms with Gasteiger partial charge in [0.05, 0.1) is 4.92 Å². The lowest BCUT2D eigenvalue weighted by Gasteiger charge is -2.33. The van der Waals surface area contributed by atoms with Gasteiger partial charge >= 0.3 is 0 Å². The van der Waals surface area contributed by atoms with Crippen molar-refractivity contribution in [1.29, 1.82) is 0 Å². The largest absolute Gasteiger partial charge is 0.351 e. The molecule has 1 aromatic carbocycles. The zero-order valence-electron chi connectivity index (χ0n) is 15.0. The fourth-order valence-corrected chi connectivity index (χ4v) is 3.10. The first-order valence-electron chi connectivity index (χ1n) is 8.44. The Balaban J connectivity index is 1.93. The van der Waals surface area contributed by atoms with Crippen LogP contribution in [0.15, 0.2) is 18.2 Å². The Morgan fingerprint density at radius 2 is 1.96 bits per heavy atom. The highest BCUT2D eigenvalue weighted by Gasteiger charge is 2.27. The number of likely N-dealkylation sites (tertiary alicyclic amines) is 1. The van der Waals surface area contributed by atoms with Crippen molar-refractivity contribution < 1.29 is 9.72 Å². The molecule has 1 aliphatic heterocycles. The maximum Gasteiger partial charge on any atom is 0.272 e. The summed E-state index contributed by atoms with van der Waals surface area (Å²) in [4.78, 5) is 25.2. The van der Waals surface area contributed by atoms with Gasteiger partial charge in [0.15, 0.2) is 0 Å². The van der Waals surface area contributed by atoms with Crippen LogP contribution in [-0.2, 0) is 11.3 Å². The molecule has 1 amide bonds. The van der Waals surface area contributed by atoms with E-state index in [1.54, 1.807) is 19.1 Å².